The number of nitrogens with one attached hydrogen (secondary N) is 2. The second kappa shape index (κ2) is 10.8. The number of amides is 1. The summed E-state index contributed by atoms with van der Waals surface area (Å²) < 4.78 is 89.1. The molecule has 202 valence electrons. The number of hydrogen-bond acceptors (Lipinski definition) is 4. The summed E-state index contributed by atoms with van der Waals surface area (Å²) in [5, 5.41) is 2.83. The molecule has 6 nitrogen and oxygen atoms in total. The van der Waals surface area contributed by atoms with Crippen LogP contribution in [0.5, 0.6) is 0 Å². The highest BCUT2D eigenvalue weighted by Gasteiger charge is 2.38. The molecule has 1 saturated carbocycles. The maximum atomic E-state index is 15.3. The fourth-order valence-electron chi connectivity index (χ4n) is 4.02. The number of ether oxygens (including phenoxy) is 1. The molecular weight excluding hydrogens is 540 g/mol. The van der Waals surface area contributed by atoms with Crippen LogP contribution in [0.4, 0.5) is 26.3 Å². The van der Waals surface area contributed by atoms with Gasteiger partial charge in [-0.2, -0.15) is 17.6 Å². The van der Waals surface area contributed by atoms with Crippen LogP contribution in [-0.4, -0.2) is 22.0 Å². The Labute approximate surface area is 217 Å². The van der Waals surface area contributed by atoms with Gasteiger partial charge in [-0.1, -0.05) is 17.7 Å². The molecule has 1 aromatic heterocycles. The maximum Gasteiger partial charge on any atom is 0.417 e. The first kappa shape index (κ1) is 27.6. The molecule has 1 heterocycles. The van der Waals surface area contributed by atoms with Crippen molar-refractivity contribution in [2.24, 2.45) is 5.92 Å². The van der Waals surface area contributed by atoms with E-state index in [1.54, 1.807) is 0 Å². The van der Waals surface area contributed by atoms with Gasteiger partial charge in [0.25, 0.3) is 5.56 Å². The van der Waals surface area contributed by atoms with Crippen LogP contribution < -0.4 is 10.9 Å². The van der Waals surface area contributed by atoms with Crippen molar-refractivity contribution in [1.29, 1.82) is 0 Å². The first-order chi connectivity index (χ1) is 17.8. The fourth-order valence-corrected chi connectivity index (χ4v) is 4.21. The molecule has 2 aromatic carbocycles. The monoisotopic (exact) mass is 559 g/mol. The minimum Gasteiger partial charge on any atom is -0.373 e. The van der Waals surface area contributed by atoms with Gasteiger partial charge < -0.3 is 15.0 Å². The SMILES string of the molecule is Cc1nc(-c2c(C(F)(F)F)ccc(CNC(=O)C3CC(OCc4cc(Cl)ccc4F)C3)c2F)[nH]c(=O)c1F. The Balaban J connectivity index is 1.43. The van der Waals surface area contributed by atoms with Gasteiger partial charge in [0, 0.05) is 28.6 Å². The first-order valence-electron chi connectivity index (χ1n) is 11.3. The summed E-state index contributed by atoms with van der Waals surface area (Å²) in [5.41, 5.74) is -4.36. The third-order valence-corrected chi connectivity index (χ3v) is 6.43. The molecule has 0 saturated heterocycles. The van der Waals surface area contributed by atoms with Gasteiger partial charge in [0.05, 0.1) is 29.5 Å². The van der Waals surface area contributed by atoms with Crippen molar-refractivity contribution in [3.8, 4) is 11.4 Å². The molecular formula is C25H20ClF6N3O3. The van der Waals surface area contributed by atoms with Crippen molar-refractivity contribution in [2.45, 2.75) is 45.2 Å². The first-order valence-corrected chi connectivity index (χ1v) is 11.7. The number of hydrogen-bond donors (Lipinski definition) is 2. The van der Waals surface area contributed by atoms with E-state index < -0.39 is 70.2 Å². The van der Waals surface area contributed by atoms with Crippen LogP contribution in [0.15, 0.2) is 35.1 Å². The van der Waals surface area contributed by atoms with Crippen LogP contribution in [0.2, 0.25) is 5.02 Å². The van der Waals surface area contributed by atoms with Gasteiger partial charge in [-0.05, 0) is 44.0 Å². The van der Waals surface area contributed by atoms with Crippen molar-refractivity contribution in [2.75, 3.05) is 0 Å². The minimum atomic E-state index is -5.01. The maximum absolute atomic E-state index is 15.3. The van der Waals surface area contributed by atoms with Gasteiger partial charge >= 0.3 is 6.18 Å². The lowest BCUT2D eigenvalue weighted by Gasteiger charge is -2.34. The number of aromatic nitrogens is 2. The van der Waals surface area contributed by atoms with E-state index in [1.807, 2.05) is 4.98 Å². The standard InChI is InChI=1S/C25H20ClF6N3O3/c1-11-20(28)24(37)35-22(34-11)19-17(25(30,31)32)4-2-12(21(19)29)9-33-23(36)13-7-16(8-13)38-10-14-6-15(26)3-5-18(14)27/h2-6,13,16H,7-10H2,1H3,(H,33,36)(H,34,35,37). The van der Waals surface area contributed by atoms with Crippen molar-refractivity contribution in [3.63, 3.8) is 0 Å². The molecule has 4 rings (SSSR count). The van der Waals surface area contributed by atoms with Gasteiger partial charge in [-0.15, -0.1) is 0 Å². The number of alkyl halides is 3. The molecule has 38 heavy (non-hydrogen) atoms. The summed E-state index contributed by atoms with van der Waals surface area (Å²) in [6, 6.07) is 5.52. The Bertz CT molecular complexity index is 1440. The van der Waals surface area contributed by atoms with Gasteiger partial charge in [0.2, 0.25) is 11.7 Å². The average Bonchev–Trinajstić information content (AvgIpc) is 2.81. The summed E-state index contributed by atoms with van der Waals surface area (Å²) in [5.74, 6) is -4.89. The minimum absolute atomic E-state index is 0.0378. The van der Waals surface area contributed by atoms with E-state index in [-0.39, 0.29) is 23.8 Å². The summed E-state index contributed by atoms with van der Waals surface area (Å²) in [4.78, 5) is 29.6. The lowest BCUT2D eigenvalue weighted by atomic mass is 9.81. The molecule has 2 N–H and O–H groups in total. The second-order valence-electron chi connectivity index (χ2n) is 8.83. The zero-order chi connectivity index (χ0) is 27.8. The Morgan fingerprint density at radius 2 is 1.84 bits per heavy atom. The summed E-state index contributed by atoms with van der Waals surface area (Å²) in [7, 11) is 0. The molecule has 1 fully saturated rings. The summed E-state index contributed by atoms with van der Waals surface area (Å²) in [6.45, 7) is 0.574. The van der Waals surface area contributed by atoms with Crippen LogP contribution in [0.25, 0.3) is 11.4 Å². The number of rotatable bonds is 7. The van der Waals surface area contributed by atoms with Gasteiger partial charge in [0.15, 0.2) is 0 Å². The van der Waals surface area contributed by atoms with Gasteiger partial charge in [-0.25, -0.2) is 13.8 Å². The topological polar surface area (TPSA) is 84.1 Å². The Morgan fingerprint density at radius 3 is 2.50 bits per heavy atom. The van der Waals surface area contributed by atoms with Crippen molar-refractivity contribution < 1.29 is 35.9 Å². The van der Waals surface area contributed by atoms with E-state index in [0.29, 0.717) is 23.9 Å². The predicted octanol–water partition coefficient (Wildman–Crippen LogP) is 5.45. The largest absolute Gasteiger partial charge is 0.417 e. The van der Waals surface area contributed by atoms with Gasteiger partial charge in [-0.3, -0.25) is 9.59 Å². The van der Waals surface area contributed by atoms with Gasteiger partial charge in [0.1, 0.15) is 17.5 Å². The Kier molecular flexibility index (Phi) is 7.84. The number of aromatic amines is 1. The van der Waals surface area contributed by atoms with E-state index in [2.05, 4.69) is 10.3 Å². The van der Waals surface area contributed by atoms with Crippen LogP contribution in [0.1, 0.15) is 35.2 Å². The number of H-pyrrole nitrogens is 1. The van der Waals surface area contributed by atoms with Crippen molar-refractivity contribution in [3.05, 3.63) is 85.5 Å². The fraction of sp³-hybridized carbons (Fsp3) is 0.320. The number of carbonyl (C=O) groups excluding carboxylic acids is 1. The molecule has 1 aliphatic rings. The smallest absolute Gasteiger partial charge is 0.373 e. The third-order valence-electron chi connectivity index (χ3n) is 6.19. The van der Waals surface area contributed by atoms with E-state index in [4.69, 9.17) is 16.3 Å². The number of halogens is 7. The molecule has 0 unspecified atom stereocenters. The molecule has 0 aliphatic heterocycles. The zero-order valence-corrected chi connectivity index (χ0v) is 20.4. The third kappa shape index (κ3) is 5.86. The van der Waals surface area contributed by atoms with E-state index in [9.17, 15) is 31.5 Å². The zero-order valence-electron chi connectivity index (χ0n) is 19.7. The number of aryl methyl sites for hydroxylation is 1. The van der Waals surface area contributed by atoms with E-state index in [0.717, 1.165) is 13.0 Å². The number of carbonyl (C=O) groups is 1. The second-order valence-corrected chi connectivity index (χ2v) is 9.26. The molecule has 13 heteroatoms. The summed E-state index contributed by atoms with van der Waals surface area (Å²) in [6.07, 6.45) is -4.69. The molecule has 1 aliphatic carbocycles. The van der Waals surface area contributed by atoms with E-state index >= 15 is 4.39 Å². The highest BCUT2D eigenvalue weighted by atomic mass is 35.5. The van der Waals surface area contributed by atoms with Crippen LogP contribution in [0.3, 0.4) is 0 Å². The lowest BCUT2D eigenvalue weighted by molar-refractivity contribution is -0.137. The number of benzene rings is 2. The van der Waals surface area contributed by atoms with Crippen molar-refractivity contribution >= 4 is 17.5 Å². The average molecular weight is 560 g/mol. The predicted molar refractivity (Wildman–Crippen MR) is 125 cm³/mol. The highest BCUT2D eigenvalue weighted by Crippen LogP contribution is 2.38. The quantitative estimate of drug-likeness (QED) is 0.377. The van der Waals surface area contributed by atoms with Crippen molar-refractivity contribution in [1.82, 2.24) is 15.3 Å². The molecule has 3 aromatic rings. The lowest BCUT2D eigenvalue weighted by Crippen LogP contribution is -2.42. The van der Waals surface area contributed by atoms with Crippen LogP contribution >= 0.6 is 11.6 Å². The molecule has 0 radical (unpaired) electrons. The Hall–Kier alpha value is -3.38. The Morgan fingerprint density at radius 1 is 1.13 bits per heavy atom. The molecule has 0 atom stereocenters. The number of nitrogens with zero attached hydrogens (tertiary/aromatic N) is 1. The van der Waals surface area contributed by atoms with Crippen LogP contribution in [0, 0.1) is 30.3 Å². The highest BCUT2D eigenvalue weighted by molar-refractivity contribution is 6.30. The van der Waals surface area contributed by atoms with Crippen LogP contribution in [-0.2, 0) is 28.9 Å². The molecule has 0 spiro atoms. The van der Waals surface area contributed by atoms with E-state index in [1.165, 1.54) is 18.2 Å². The molecule has 1 amide bonds. The normalized spacial score (nSPS) is 17.3. The summed E-state index contributed by atoms with van der Waals surface area (Å²) >= 11 is 5.84. The molecule has 0 bridgehead atoms.